The number of rotatable bonds is 7. The highest BCUT2D eigenvalue weighted by Crippen LogP contribution is 2.05. The minimum absolute atomic E-state index is 0.278. The summed E-state index contributed by atoms with van der Waals surface area (Å²) in [6.07, 6.45) is 3.50. The zero-order chi connectivity index (χ0) is 11.9. The van der Waals surface area contributed by atoms with Gasteiger partial charge in [-0.25, -0.2) is 8.42 Å². The van der Waals surface area contributed by atoms with Crippen LogP contribution in [0.1, 0.15) is 31.7 Å². The summed E-state index contributed by atoms with van der Waals surface area (Å²) in [6, 6.07) is 9.78. The van der Waals surface area contributed by atoms with Crippen LogP contribution in [0, 0.1) is 0 Å². The van der Waals surface area contributed by atoms with Gasteiger partial charge in [0.25, 0.3) is 0 Å². The van der Waals surface area contributed by atoms with Crippen LogP contribution >= 0.6 is 0 Å². The summed E-state index contributed by atoms with van der Waals surface area (Å²) in [4.78, 5) is 0. The van der Waals surface area contributed by atoms with Gasteiger partial charge in [0.15, 0.2) is 9.84 Å². The molecular weight excluding hydrogens is 220 g/mol. The molecule has 1 rings (SSSR count). The highest BCUT2D eigenvalue weighted by atomic mass is 32.2. The molecule has 0 unspecified atom stereocenters. The first-order chi connectivity index (χ1) is 7.64. The quantitative estimate of drug-likeness (QED) is 0.687. The number of hydrogen-bond donors (Lipinski definition) is 0. The Balaban J connectivity index is 2.36. The maximum atomic E-state index is 11.7. The zero-order valence-electron chi connectivity index (χ0n) is 9.85. The van der Waals surface area contributed by atoms with Crippen LogP contribution in [0.2, 0.25) is 0 Å². The molecule has 0 aliphatic carbocycles. The summed E-state index contributed by atoms with van der Waals surface area (Å²) in [5, 5.41) is 0. The summed E-state index contributed by atoms with van der Waals surface area (Å²) in [5.74, 6) is 0.619. The number of hydrogen-bond acceptors (Lipinski definition) is 2. The summed E-state index contributed by atoms with van der Waals surface area (Å²) in [7, 11) is -2.85. The molecule has 0 aliphatic rings. The Morgan fingerprint density at radius 3 is 2.31 bits per heavy atom. The van der Waals surface area contributed by atoms with Gasteiger partial charge >= 0.3 is 0 Å². The van der Waals surface area contributed by atoms with E-state index in [0.29, 0.717) is 12.2 Å². The van der Waals surface area contributed by atoms with Crippen molar-refractivity contribution in [1.82, 2.24) is 0 Å². The average Bonchev–Trinajstić information content (AvgIpc) is 2.28. The van der Waals surface area contributed by atoms with E-state index in [4.69, 9.17) is 0 Å². The van der Waals surface area contributed by atoms with E-state index < -0.39 is 9.84 Å². The maximum absolute atomic E-state index is 11.7. The van der Waals surface area contributed by atoms with E-state index >= 15 is 0 Å². The van der Waals surface area contributed by atoms with Gasteiger partial charge in [-0.3, -0.25) is 0 Å². The van der Waals surface area contributed by atoms with E-state index in [0.717, 1.165) is 24.8 Å². The van der Waals surface area contributed by atoms with Crippen LogP contribution in [-0.4, -0.2) is 19.9 Å². The maximum Gasteiger partial charge on any atom is 0.150 e. The molecule has 1 aromatic carbocycles. The monoisotopic (exact) mass is 240 g/mol. The molecule has 0 aromatic heterocycles. The molecule has 1 aromatic rings. The summed E-state index contributed by atoms with van der Waals surface area (Å²) in [5.41, 5.74) is 1.10. The highest BCUT2D eigenvalue weighted by molar-refractivity contribution is 7.91. The normalized spacial score (nSPS) is 11.6. The Morgan fingerprint density at radius 2 is 1.69 bits per heavy atom. The van der Waals surface area contributed by atoms with Crippen LogP contribution in [0.3, 0.4) is 0 Å². The van der Waals surface area contributed by atoms with E-state index in [-0.39, 0.29) is 5.75 Å². The summed E-state index contributed by atoms with van der Waals surface area (Å²) in [6.45, 7) is 2.08. The zero-order valence-corrected chi connectivity index (χ0v) is 10.7. The van der Waals surface area contributed by atoms with Gasteiger partial charge in [-0.1, -0.05) is 50.1 Å². The molecule has 3 heteroatoms. The third kappa shape index (κ3) is 5.31. The van der Waals surface area contributed by atoms with Gasteiger partial charge in [0.05, 0.1) is 11.5 Å². The van der Waals surface area contributed by atoms with E-state index in [2.05, 4.69) is 6.92 Å². The van der Waals surface area contributed by atoms with Crippen LogP contribution in [0.5, 0.6) is 0 Å². The Labute approximate surface area is 98.6 Å². The lowest BCUT2D eigenvalue weighted by Crippen LogP contribution is -2.13. The lowest BCUT2D eigenvalue weighted by atomic mass is 10.2. The SMILES string of the molecule is CCCCCS(=O)(=O)CCc1ccccc1. The van der Waals surface area contributed by atoms with Gasteiger partial charge in [-0.15, -0.1) is 0 Å². The molecule has 0 spiro atoms. The van der Waals surface area contributed by atoms with Crippen molar-refractivity contribution < 1.29 is 8.42 Å². The highest BCUT2D eigenvalue weighted by Gasteiger charge is 2.09. The van der Waals surface area contributed by atoms with Crippen molar-refractivity contribution in [3.05, 3.63) is 35.9 Å². The lowest BCUT2D eigenvalue weighted by molar-refractivity contribution is 0.590. The Kier molecular flexibility index (Phi) is 5.53. The van der Waals surface area contributed by atoms with E-state index in [1.54, 1.807) is 0 Å². The number of unbranched alkanes of at least 4 members (excludes halogenated alkanes) is 2. The van der Waals surface area contributed by atoms with Crippen molar-refractivity contribution in [1.29, 1.82) is 0 Å². The largest absolute Gasteiger partial charge is 0.229 e. The van der Waals surface area contributed by atoms with Gasteiger partial charge in [-0.2, -0.15) is 0 Å². The molecule has 16 heavy (non-hydrogen) atoms. The molecule has 0 aliphatic heterocycles. The van der Waals surface area contributed by atoms with Crippen molar-refractivity contribution >= 4 is 9.84 Å². The van der Waals surface area contributed by atoms with Gasteiger partial charge in [0.2, 0.25) is 0 Å². The number of benzene rings is 1. The molecule has 0 saturated carbocycles. The fraction of sp³-hybridized carbons (Fsp3) is 0.538. The number of aryl methyl sites for hydroxylation is 1. The van der Waals surface area contributed by atoms with Crippen LogP contribution in [0.25, 0.3) is 0 Å². The molecule has 0 amide bonds. The fourth-order valence-electron chi connectivity index (χ4n) is 1.59. The summed E-state index contributed by atoms with van der Waals surface area (Å²) < 4.78 is 23.4. The molecule has 0 bridgehead atoms. The molecule has 0 atom stereocenters. The van der Waals surface area contributed by atoms with Crippen LogP contribution in [0.15, 0.2) is 30.3 Å². The number of sulfone groups is 1. The minimum atomic E-state index is -2.85. The van der Waals surface area contributed by atoms with Crippen molar-refractivity contribution in [3.8, 4) is 0 Å². The third-order valence-electron chi connectivity index (χ3n) is 2.60. The fourth-order valence-corrected chi connectivity index (χ4v) is 2.99. The topological polar surface area (TPSA) is 34.1 Å². The Hall–Kier alpha value is -0.830. The summed E-state index contributed by atoms with van der Waals surface area (Å²) >= 11 is 0. The first-order valence-corrected chi connectivity index (χ1v) is 7.70. The molecule has 0 fully saturated rings. The van der Waals surface area contributed by atoms with Crippen molar-refractivity contribution in [2.45, 2.75) is 32.6 Å². The van der Waals surface area contributed by atoms with Gasteiger partial charge in [-0.05, 0) is 18.4 Å². The van der Waals surface area contributed by atoms with Gasteiger partial charge in [0.1, 0.15) is 0 Å². The Morgan fingerprint density at radius 1 is 1.00 bits per heavy atom. The van der Waals surface area contributed by atoms with Gasteiger partial charge in [0, 0.05) is 0 Å². The first kappa shape index (κ1) is 13.2. The minimum Gasteiger partial charge on any atom is -0.229 e. The first-order valence-electron chi connectivity index (χ1n) is 5.88. The second-order valence-corrected chi connectivity index (χ2v) is 6.40. The van der Waals surface area contributed by atoms with Crippen molar-refractivity contribution in [2.24, 2.45) is 0 Å². The van der Waals surface area contributed by atoms with Crippen molar-refractivity contribution in [3.63, 3.8) is 0 Å². The second kappa shape index (κ2) is 6.69. The molecular formula is C13H20O2S. The standard InChI is InChI=1S/C13H20O2S/c1-2-3-7-11-16(14,15)12-10-13-8-5-4-6-9-13/h4-6,8-9H,2-3,7,10-12H2,1H3. The molecule has 0 heterocycles. The van der Waals surface area contributed by atoms with Crippen molar-refractivity contribution in [2.75, 3.05) is 11.5 Å². The van der Waals surface area contributed by atoms with E-state index in [9.17, 15) is 8.42 Å². The van der Waals surface area contributed by atoms with Gasteiger partial charge < -0.3 is 0 Å². The average molecular weight is 240 g/mol. The van der Waals surface area contributed by atoms with Crippen LogP contribution in [-0.2, 0) is 16.3 Å². The molecule has 0 saturated heterocycles. The molecule has 90 valence electrons. The third-order valence-corrected chi connectivity index (χ3v) is 4.34. The lowest BCUT2D eigenvalue weighted by Gasteiger charge is -2.04. The second-order valence-electron chi connectivity index (χ2n) is 4.09. The predicted octanol–water partition coefficient (Wildman–Crippen LogP) is 2.83. The van der Waals surface area contributed by atoms with Crippen LogP contribution in [0.4, 0.5) is 0 Å². The van der Waals surface area contributed by atoms with Crippen LogP contribution < -0.4 is 0 Å². The van der Waals surface area contributed by atoms with E-state index in [1.165, 1.54) is 0 Å². The van der Waals surface area contributed by atoms with E-state index in [1.807, 2.05) is 30.3 Å². The molecule has 2 nitrogen and oxygen atoms in total. The molecule has 0 N–H and O–H groups in total. The Bertz CT molecular complexity index is 382. The smallest absolute Gasteiger partial charge is 0.150 e. The predicted molar refractivity (Wildman–Crippen MR) is 68.3 cm³/mol. The molecule has 0 radical (unpaired) electrons.